The van der Waals surface area contributed by atoms with Gasteiger partial charge in [-0.1, -0.05) is 13.8 Å². The van der Waals surface area contributed by atoms with Crippen LogP contribution in [-0.4, -0.2) is 70.6 Å². The maximum absolute atomic E-state index is 12.5. The number of aliphatic hydroxyl groups excluding tert-OH is 1. The molecule has 4 atom stereocenters. The Morgan fingerprint density at radius 2 is 1.39 bits per heavy atom. The fraction of sp³-hybridized carbons (Fsp3) is 0.688. The van der Waals surface area contributed by atoms with Crippen molar-refractivity contribution in [2.45, 2.75) is 57.8 Å². The molecule has 160 valence electrons. The third kappa shape index (κ3) is 8.77. The van der Waals surface area contributed by atoms with E-state index in [-0.39, 0.29) is 18.8 Å². The van der Waals surface area contributed by atoms with Gasteiger partial charge in [-0.15, -0.1) is 0 Å². The zero-order valence-electron chi connectivity index (χ0n) is 16.1. The predicted octanol–water partition coefficient (Wildman–Crippen LogP) is -3.21. The van der Waals surface area contributed by atoms with Crippen LogP contribution < -0.4 is 27.4 Å². The van der Waals surface area contributed by atoms with Crippen molar-refractivity contribution in [3.63, 3.8) is 0 Å². The summed E-state index contributed by atoms with van der Waals surface area (Å²) < 4.78 is 0. The molecule has 0 aromatic rings. The first-order chi connectivity index (χ1) is 12.9. The van der Waals surface area contributed by atoms with Crippen LogP contribution in [0.15, 0.2) is 0 Å². The molecule has 12 heteroatoms. The standard InChI is InChI=1S/C16H29N5O7/c1-7(2)12(18)15(26)20-9(4-5-11(17)23)13(24)21-10(6-22)14(25)19-8(3)16(27)28/h7-10,12,22H,4-6,18H2,1-3H3,(H2,17,23)(H,19,25)(H,20,26)(H,21,24)(H,27,28). The van der Waals surface area contributed by atoms with Crippen molar-refractivity contribution in [3.8, 4) is 0 Å². The van der Waals surface area contributed by atoms with Crippen LogP contribution in [0.2, 0.25) is 0 Å². The number of aliphatic hydroxyl groups is 1. The highest BCUT2D eigenvalue weighted by Gasteiger charge is 2.29. The summed E-state index contributed by atoms with van der Waals surface area (Å²) in [5.74, 6) is -4.64. The Hall–Kier alpha value is -2.73. The van der Waals surface area contributed by atoms with Gasteiger partial charge < -0.3 is 37.6 Å². The highest BCUT2D eigenvalue weighted by Crippen LogP contribution is 2.03. The summed E-state index contributed by atoms with van der Waals surface area (Å²) in [7, 11) is 0. The first-order valence-corrected chi connectivity index (χ1v) is 8.69. The van der Waals surface area contributed by atoms with Crippen LogP contribution in [0.3, 0.4) is 0 Å². The van der Waals surface area contributed by atoms with Crippen molar-refractivity contribution < 1.29 is 34.2 Å². The van der Waals surface area contributed by atoms with E-state index in [9.17, 15) is 29.1 Å². The van der Waals surface area contributed by atoms with Crippen LogP contribution in [0.25, 0.3) is 0 Å². The molecule has 0 heterocycles. The third-order valence-corrected chi connectivity index (χ3v) is 3.88. The second-order valence-corrected chi connectivity index (χ2v) is 6.65. The Morgan fingerprint density at radius 3 is 1.82 bits per heavy atom. The highest BCUT2D eigenvalue weighted by atomic mass is 16.4. The van der Waals surface area contributed by atoms with Gasteiger partial charge in [-0.25, -0.2) is 0 Å². The Morgan fingerprint density at radius 1 is 0.893 bits per heavy atom. The van der Waals surface area contributed by atoms with E-state index in [0.29, 0.717) is 0 Å². The molecule has 0 aliphatic rings. The number of rotatable bonds is 12. The molecule has 0 aromatic carbocycles. The molecular formula is C16H29N5O7. The van der Waals surface area contributed by atoms with Crippen molar-refractivity contribution in [3.05, 3.63) is 0 Å². The normalized spacial score (nSPS) is 15.1. The summed E-state index contributed by atoms with van der Waals surface area (Å²) in [6.45, 7) is 3.81. The lowest BCUT2D eigenvalue weighted by molar-refractivity contribution is -0.142. The van der Waals surface area contributed by atoms with E-state index in [2.05, 4.69) is 16.0 Å². The Kier molecular flexibility index (Phi) is 10.7. The number of carboxylic acid groups (broad SMARTS) is 1. The van der Waals surface area contributed by atoms with Crippen LogP contribution in [0.1, 0.15) is 33.6 Å². The summed E-state index contributed by atoms with van der Waals surface area (Å²) in [6.07, 6.45) is -0.371. The van der Waals surface area contributed by atoms with Gasteiger partial charge in [0.25, 0.3) is 0 Å². The Bertz CT molecular complexity index is 596. The molecule has 4 unspecified atom stereocenters. The molecule has 0 spiro atoms. The average Bonchev–Trinajstić information content (AvgIpc) is 2.61. The number of carboxylic acids is 1. The second-order valence-electron chi connectivity index (χ2n) is 6.65. The smallest absolute Gasteiger partial charge is 0.325 e. The minimum Gasteiger partial charge on any atom is -0.480 e. The lowest BCUT2D eigenvalue weighted by Crippen LogP contribution is -2.58. The Balaban J connectivity index is 5.17. The van der Waals surface area contributed by atoms with Gasteiger partial charge in [0.2, 0.25) is 23.6 Å². The maximum atomic E-state index is 12.5. The van der Waals surface area contributed by atoms with Gasteiger partial charge in [0.05, 0.1) is 12.6 Å². The first-order valence-electron chi connectivity index (χ1n) is 8.69. The van der Waals surface area contributed by atoms with Crippen molar-refractivity contribution in [2.75, 3.05) is 6.61 Å². The van der Waals surface area contributed by atoms with Crippen LogP contribution >= 0.6 is 0 Å². The second kappa shape index (κ2) is 11.9. The van der Waals surface area contributed by atoms with E-state index in [4.69, 9.17) is 16.6 Å². The van der Waals surface area contributed by atoms with E-state index in [1.54, 1.807) is 13.8 Å². The van der Waals surface area contributed by atoms with Gasteiger partial charge in [0.1, 0.15) is 18.1 Å². The molecule has 0 radical (unpaired) electrons. The van der Waals surface area contributed by atoms with Crippen molar-refractivity contribution in [1.29, 1.82) is 0 Å². The molecule has 0 aromatic heterocycles. The topological polar surface area (TPSA) is 214 Å². The van der Waals surface area contributed by atoms with Crippen LogP contribution in [0.4, 0.5) is 0 Å². The maximum Gasteiger partial charge on any atom is 0.325 e. The number of carbonyl (C=O) groups is 5. The van der Waals surface area contributed by atoms with Crippen LogP contribution in [0.5, 0.6) is 0 Å². The van der Waals surface area contributed by atoms with Gasteiger partial charge in [-0.2, -0.15) is 0 Å². The number of nitrogens with two attached hydrogens (primary N) is 2. The van der Waals surface area contributed by atoms with E-state index < -0.39 is 60.4 Å². The number of nitrogens with one attached hydrogen (secondary N) is 3. The fourth-order valence-corrected chi connectivity index (χ4v) is 1.97. The van der Waals surface area contributed by atoms with Crippen LogP contribution in [-0.2, 0) is 24.0 Å². The molecular weight excluding hydrogens is 374 g/mol. The quantitative estimate of drug-likeness (QED) is 0.175. The number of primary amides is 1. The molecule has 0 aliphatic carbocycles. The fourth-order valence-electron chi connectivity index (χ4n) is 1.97. The molecule has 0 saturated carbocycles. The van der Waals surface area contributed by atoms with Gasteiger partial charge in [0.15, 0.2) is 0 Å². The van der Waals surface area contributed by atoms with E-state index in [0.717, 1.165) is 0 Å². The molecule has 4 amide bonds. The monoisotopic (exact) mass is 403 g/mol. The Labute approximate surface area is 162 Å². The van der Waals surface area contributed by atoms with Crippen LogP contribution in [0, 0.1) is 5.92 Å². The molecule has 0 rings (SSSR count). The summed E-state index contributed by atoms with van der Waals surface area (Å²) in [6, 6.07) is -4.84. The van der Waals surface area contributed by atoms with Gasteiger partial charge in [0, 0.05) is 6.42 Å². The van der Waals surface area contributed by atoms with E-state index in [1.807, 2.05) is 0 Å². The number of aliphatic carboxylic acids is 1. The molecule has 9 N–H and O–H groups in total. The molecule has 0 aliphatic heterocycles. The van der Waals surface area contributed by atoms with Gasteiger partial charge >= 0.3 is 5.97 Å². The van der Waals surface area contributed by atoms with Gasteiger partial charge in [-0.05, 0) is 19.3 Å². The lowest BCUT2D eigenvalue weighted by atomic mass is 10.0. The van der Waals surface area contributed by atoms with Crippen molar-refractivity contribution >= 4 is 29.6 Å². The largest absolute Gasteiger partial charge is 0.480 e. The number of hydrogen-bond donors (Lipinski definition) is 7. The lowest BCUT2D eigenvalue weighted by Gasteiger charge is -2.24. The number of carbonyl (C=O) groups excluding carboxylic acids is 4. The zero-order chi connectivity index (χ0) is 22.0. The predicted molar refractivity (Wildman–Crippen MR) is 97.4 cm³/mol. The van der Waals surface area contributed by atoms with E-state index >= 15 is 0 Å². The van der Waals surface area contributed by atoms with Crippen molar-refractivity contribution in [2.24, 2.45) is 17.4 Å². The summed E-state index contributed by atoms with van der Waals surface area (Å²) in [4.78, 5) is 58.4. The molecule has 0 bridgehead atoms. The molecule has 12 nitrogen and oxygen atoms in total. The highest BCUT2D eigenvalue weighted by molar-refractivity contribution is 5.94. The average molecular weight is 403 g/mol. The first kappa shape index (κ1) is 25.3. The van der Waals surface area contributed by atoms with E-state index in [1.165, 1.54) is 6.92 Å². The molecule has 0 saturated heterocycles. The SMILES string of the molecule is CC(NC(=O)C(CO)NC(=O)C(CCC(N)=O)NC(=O)C(N)C(C)C)C(=O)O. The summed E-state index contributed by atoms with van der Waals surface area (Å²) >= 11 is 0. The minimum absolute atomic E-state index is 0.150. The third-order valence-electron chi connectivity index (χ3n) is 3.88. The zero-order valence-corrected chi connectivity index (χ0v) is 16.1. The van der Waals surface area contributed by atoms with Gasteiger partial charge in [-0.3, -0.25) is 24.0 Å². The molecule has 0 fully saturated rings. The minimum atomic E-state index is -1.46. The molecule has 28 heavy (non-hydrogen) atoms. The number of amides is 4. The summed E-state index contributed by atoms with van der Waals surface area (Å²) in [5, 5.41) is 24.8. The number of hydrogen-bond acceptors (Lipinski definition) is 7. The summed E-state index contributed by atoms with van der Waals surface area (Å²) in [5.41, 5.74) is 10.8. The van der Waals surface area contributed by atoms with Crippen molar-refractivity contribution in [1.82, 2.24) is 16.0 Å².